The molecule has 1 N–H and O–H groups in total. The highest BCUT2D eigenvalue weighted by Gasteiger charge is 2.32. The first-order valence-electron chi connectivity index (χ1n) is 9.70. The van der Waals surface area contributed by atoms with Crippen LogP contribution in [0.2, 0.25) is 5.02 Å². The van der Waals surface area contributed by atoms with E-state index in [4.69, 9.17) is 25.8 Å². The number of hydrogen-bond acceptors (Lipinski definition) is 5. The van der Waals surface area contributed by atoms with Gasteiger partial charge in [0.1, 0.15) is 18.5 Å². The van der Waals surface area contributed by atoms with Gasteiger partial charge in [0.05, 0.1) is 12.6 Å². The smallest absolute Gasteiger partial charge is 0.272 e. The summed E-state index contributed by atoms with van der Waals surface area (Å²) < 4.78 is 19.1. The van der Waals surface area contributed by atoms with Crippen molar-refractivity contribution in [2.24, 2.45) is 5.92 Å². The average Bonchev–Trinajstić information content (AvgIpc) is 3.37. The van der Waals surface area contributed by atoms with E-state index in [1.807, 2.05) is 12.1 Å². The molecule has 2 aromatic rings. The van der Waals surface area contributed by atoms with Crippen molar-refractivity contribution in [3.8, 4) is 11.6 Å². The van der Waals surface area contributed by atoms with Crippen LogP contribution >= 0.6 is 11.6 Å². The minimum absolute atomic E-state index is 0.124. The maximum Gasteiger partial charge on any atom is 0.272 e. The molecule has 0 saturated carbocycles. The van der Waals surface area contributed by atoms with Crippen molar-refractivity contribution in [3.05, 3.63) is 40.5 Å². The Hall–Kier alpha value is -2.25. The van der Waals surface area contributed by atoms with Crippen LogP contribution < -0.4 is 14.8 Å². The maximum atomic E-state index is 12.7. The van der Waals surface area contributed by atoms with Gasteiger partial charge in [0.2, 0.25) is 5.88 Å². The number of ether oxygens (including phenoxy) is 3. The van der Waals surface area contributed by atoms with Crippen molar-refractivity contribution in [1.82, 2.24) is 15.1 Å². The molecular formula is C20H22ClN3O4. The van der Waals surface area contributed by atoms with Gasteiger partial charge in [-0.15, -0.1) is 0 Å². The summed E-state index contributed by atoms with van der Waals surface area (Å²) >= 11 is 6.07. The first-order valence-corrected chi connectivity index (χ1v) is 10.1. The summed E-state index contributed by atoms with van der Waals surface area (Å²) in [6.07, 6.45) is 2.72. The number of nitrogens with zero attached hydrogens (tertiary/aromatic N) is 2. The molecule has 0 aliphatic carbocycles. The second-order valence-electron chi connectivity index (χ2n) is 7.60. The van der Waals surface area contributed by atoms with E-state index in [0.717, 1.165) is 43.9 Å². The van der Waals surface area contributed by atoms with E-state index >= 15 is 0 Å². The molecule has 0 bridgehead atoms. The topological polar surface area (TPSA) is 74.6 Å². The van der Waals surface area contributed by atoms with Crippen LogP contribution in [0.3, 0.4) is 0 Å². The molecule has 5 rings (SSSR count). The fourth-order valence-corrected chi connectivity index (χ4v) is 4.32. The van der Waals surface area contributed by atoms with Crippen LogP contribution in [0.4, 0.5) is 0 Å². The molecule has 7 nitrogen and oxygen atoms in total. The number of aryl methyl sites for hydroxylation is 1. The van der Waals surface area contributed by atoms with Crippen LogP contribution in [0.15, 0.2) is 24.3 Å². The molecule has 8 heteroatoms. The summed E-state index contributed by atoms with van der Waals surface area (Å²) in [6, 6.07) is 7.15. The predicted molar refractivity (Wildman–Crippen MR) is 102 cm³/mol. The lowest BCUT2D eigenvalue weighted by atomic mass is 9.98. The lowest BCUT2D eigenvalue weighted by molar-refractivity contribution is 0.0700. The molecule has 1 fully saturated rings. The Morgan fingerprint density at radius 2 is 2.18 bits per heavy atom. The SMILES string of the molecule is O=C(N[C@H]1COc2ccc(Cl)cc2C1)c1cc2n(n1)CCC(C1CCOC1)O2. The second-order valence-corrected chi connectivity index (χ2v) is 8.03. The van der Waals surface area contributed by atoms with Crippen LogP contribution in [0, 0.1) is 5.92 Å². The molecule has 148 valence electrons. The van der Waals surface area contributed by atoms with Crippen molar-refractivity contribution < 1.29 is 19.0 Å². The Bertz CT molecular complexity index is 894. The Labute approximate surface area is 167 Å². The number of amides is 1. The maximum absolute atomic E-state index is 12.7. The quantitative estimate of drug-likeness (QED) is 0.852. The third-order valence-corrected chi connectivity index (χ3v) is 5.86. The predicted octanol–water partition coefficient (Wildman–Crippen LogP) is 2.46. The highest BCUT2D eigenvalue weighted by molar-refractivity contribution is 6.30. The van der Waals surface area contributed by atoms with Crippen LogP contribution in [-0.2, 0) is 17.7 Å². The zero-order valence-electron chi connectivity index (χ0n) is 15.4. The Morgan fingerprint density at radius 1 is 1.25 bits per heavy atom. The highest BCUT2D eigenvalue weighted by atomic mass is 35.5. The second kappa shape index (κ2) is 7.29. The zero-order valence-corrected chi connectivity index (χ0v) is 16.2. The van der Waals surface area contributed by atoms with Gasteiger partial charge in [0, 0.05) is 36.6 Å². The van der Waals surface area contributed by atoms with Gasteiger partial charge in [-0.05, 0) is 36.6 Å². The molecule has 2 unspecified atom stereocenters. The van der Waals surface area contributed by atoms with Gasteiger partial charge in [-0.2, -0.15) is 5.10 Å². The minimum Gasteiger partial charge on any atom is -0.491 e. The van der Waals surface area contributed by atoms with E-state index in [2.05, 4.69) is 10.4 Å². The molecule has 4 heterocycles. The van der Waals surface area contributed by atoms with Gasteiger partial charge in [0.15, 0.2) is 5.69 Å². The minimum atomic E-state index is -0.217. The monoisotopic (exact) mass is 403 g/mol. The van der Waals surface area contributed by atoms with Crippen LogP contribution in [0.1, 0.15) is 28.9 Å². The van der Waals surface area contributed by atoms with E-state index in [9.17, 15) is 4.79 Å². The average molecular weight is 404 g/mol. The summed E-state index contributed by atoms with van der Waals surface area (Å²) in [7, 11) is 0. The summed E-state index contributed by atoms with van der Waals surface area (Å²) in [4.78, 5) is 12.7. The number of fused-ring (bicyclic) bond motifs is 2. The summed E-state index contributed by atoms with van der Waals surface area (Å²) in [5.41, 5.74) is 1.37. The number of carbonyl (C=O) groups excluding carboxylic acids is 1. The standard InChI is InChI=1S/C20H22ClN3O4/c21-14-1-2-17-13(7-14)8-15(11-27-17)22-20(25)16-9-19-24(23-16)5-3-18(28-19)12-4-6-26-10-12/h1-2,7,9,12,15,18H,3-6,8,10-11H2,(H,22,25)/t12?,15-,18?/m1/s1. The summed E-state index contributed by atoms with van der Waals surface area (Å²) in [5.74, 6) is 1.69. The molecule has 3 aliphatic rings. The van der Waals surface area contributed by atoms with Gasteiger partial charge in [0.25, 0.3) is 5.91 Å². The van der Waals surface area contributed by atoms with Gasteiger partial charge in [-0.1, -0.05) is 11.6 Å². The first-order chi connectivity index (χ1) is 13.7. The molecule has 1 amide bonds. The first kappa shape index (κ1) is 17.8. The van der Waals surface area contributed by atoms with Crippen molar-refractivity contribution >= 4 is 17.5 Å². The Balaban J connectivity index is 1.24. The number of nitrogens with one attached hydrogen (secondary N) is 1. The number of halogens is 1. The molecule has 1 saturated heterocycles. The summed E-state index contributed by atoms with van der Waals surface area (Å²) in [5, 5.41) is 8.10. The van der Waals surface area contributed by atoms with Crippen molar-refractivity contribution in [3.63, 3.8) is 0 Å². The Kier molecular flexibility index (Phi) is 4.64. The molecule has 1 aromatic heterocycles. The normalized spacial score (nSPS) is 26.0. The number of benzene rings is 1. The lowest BCUT2D eigenvalue weighted by Gasteiger charge is -2.28. The molecule has 28 heavy (non-hydrogen) atoms. The highest BCUT2D eigenvalue weighted by Crippen LogP contribution is 2.30. The van der Waals surface area contributed by atoms with E-state index in [1.54, 1.807) is 16.8 Å². The molecule has 3 aliphatic heterocycles. The number of aromatic nitrogens is 2. The van der Waals surface area contributed by atoms with Crippen molar-refractivity contribution in [2.75, 3.05) is 19.8 Å². The largest absolute Gasteiger partial charge is 0.491 e. The van der Waals surface area contributed by atoms with E-state index < -0.39 is 0 Å². The molecule has 0 spiro atoms. The zero-order chi connectivity index (χ0) is 19.1. The number of rotatable bonds is 3. The molecular weight excluding hydrogens is 382 g/mol. The van der Waals surface area contributed by atoms with Crippen LogP contribution in [-0.4, -0.2) is 47.7 Å². The third-order valence-electron chi connectivity index (χ3n) is 5.63. The number of hydrogen-bond donors (Lipinski definition) is 1. The summed E-state index contributed by atoms with van der Waals surface area (Å²) in [6.45, 7) is 2.73. The van der Waals surface area contributed by atoms with Gasteiger partial charge >= 0.3 is 0 Å². The fraction of sp³-hybridized carbons (Fsp3) is 0.500. The van der Waals surface area contributed by atoms with Gasteiger partial charge in [-0.25, -0.2) is 4.68 Å². The van der Waals surface area contributed by atoms with Crippen LogP contribution in [0.25, 0.3) is 0 Å². The fourth-order valence-electron chi connectivity index (χ4n) is 4.12. The molecule has 1 aromatic carbocycles. The van der Waals surface area contributed by atoms with Crippen LogP contribution in [0.5, 0.6) is 11.6 Å². The van der Waals surface area contributed by atoms with Crippen molar-refractivity contribution in [1.29, 1.82) is 0 Å². The van der Waals surface area contributed by atoms with E-state index in [1.165, 1.54) is 0 Å². The van der Waals surface area contributed by atoms with Gasteiger partial charge < -0.3 is 19.5 Å². The number of carbonyl (C=O) groups is 1. The Morgan fingerprint density at radius 3 is 3.04 bits per heavy atom. The van der Waals surface area contributed by atoms with E-state index in [-0.39, 0.29) is 18.1 Å². The van der Waals surface area contributed by atoms with Gasteiger partial charge in [-0.3, -0.25) is 4.79 Å². The lowest BCUT2D eigenvalue weighted by Crippen LogP contribution is -2.42. The van der Waals surface area contributed by atoms with Crippen molar-refractivity contribution in [2.45, 2.75) is 38.0 Å². The molecule has 0 radical (unpaired) electrons. The third kappa shape index (κ3) is 3.44. The van der Waals surface area contributed by atoms with E-state index in [0.29, 0.717) is 35.5 Å². The molecule has 3 atom stereocenters.